The van der Waals surface area contributed by atoms with Gasteiger partial charge in [-0.1, -0.05) is 22.9 Å². The van der Waals surface area contributed by atoms with Gasteiger partial charge < -0.3 is 10.1 Å². The summed E-state index contributed by atoms with van der Waals surface area (Å²) in [5.41, 5.74) is 2.70. The van der Waals surface area contributed by atoms with Crippen molar-refractivity contribution < 1.29 is 5.11 Å². The van der Waals surface area contributed by atoms with Gasteiger partial charge in [0.05, 0.1) is 24.1 Å². The van der Waals surface area contributed by atoms with Crippen molar-refractivity contribution in [2.75, 3.05) is 0 Å². The maximum Gasteiger partial charge on any atom is 0.139 e. The zero-order valence-electron chi connectivity index (χ0n) is 14.3. The Balaban J connectivity index is 1.66. The standard InChI is InChI=1S/C18H17ClN6O/c1-18(2,26)15-5-3-4-11(21-15)9-25-10-14(23-24-25)13-8-16(19)22-17-12(13)6-7-20-17/h3-8,10,26H,9H2,1-2H3,(H,20,22). The highest BCUT2D eigenvalue weighted by Crippen LogP contribution is 2.28. The van der Waals surface area contributed by atoms with Crippen LogP contribution >= 0.6 is 11.6 Å². The molecular formula is C18H17ClN6O. The van der Waals surface area contributed by atoms with Gasteiger partial charge in [-0.2, -0.15) is 0 Å². The van der Waals surface area contributed by atoms with Crippen LogP contribution in [-0.4, -0.2) is 35.1 Å². The molecular weight excluding hydrogens is 352 g/mol. The highest BCUT2D eigenvalue weighted by atomic mass is 35.5. The second kappa shape index (κ2) is 6.19. The lowest BCUT2D eigenvalue weighted by molar-refractivity contribution is 0.0736. The number of pyridine rings is 2. The molecule has 4 aromatic rings. The van der Waals surface area contributed by atoms with Crippen molar-refractivity contribution in [3.63, 3.8) is 0 Å². The first-order valence-electron chi connectivity index (χ1n) is 8.13. The molecule has 0 radical (unpaired) electrons. The van der Waals surface area contributed by atoms with Gasteiger partial charge in [-0.05, 0) is 38.1 Å². The Morgan fingerprint density at radius 3 is 2.88 bits per heavy atom. The number of aliphatic hydroxyl groups is 1. The Morgan fingerprint density at radius 2 is 2.08 bits per heavy atom. The minimum Gasteiger partial charge on any atom is -0.384 e. The van der Waals surface area contributed by atoms with E-state index in [1.165, 1.54) is 0 Å². The first kappa shape index (κ1) is 16.7. The molecule has 0 aromatic carbocycles. The van der Waals surface area contributed by atoms with E-state index in [0.717, 1.165) is 16.6 Å². The van der Waals surface area contributed by atoms with Gasteiger partial charge in [0.2, 0.25) is 0 Å². The van der Waals surface area contributed by atoms with Crippen LogP contribution in [0.4, 0.5) is 0 Å². The van der Waals surface area contributed by atoms with Crippen molar-refractivity contribution in [1.82, 2.24) is 29.9 Å². The fourth-order valence-electron chi connectivity index (χ4n) is 2.79. The maximum atomic E-state index is 10.1. The molecule has 0 aliphatic rings. The molecule has 2 N–H and O–H groups in total. The molecule has 0 unspecified atom stereocenters. The van der Waals surface area contributed by atoms with Crippen LogP contribution in [0.2, 0.25) is 5.15 Å². The molecule has 26 heavy (non-hydrogen) atoms. The Hall–Kier alpha value is -2.77. The first-order valence-corrected chi connectivity index (χ1v) is 8.51. The topological polar surface area (TPSA) is 92.5 Å². The first-order chi connectivity index (χ1) is 12.4. The molecule has 4 heterocycles. The maximum absolute atomic E-state index is 10.1. The van der Waals surface area contributed by atoms with Gasteiger partial charge in [0, 0.05) is 17.1 Å². The minimum atomic E-state index is -0.989. The fourth-order valence-corrected chi connectivity index (χ4v) is 2.99. The lowest BCUT2D eigenvalue weighted by Crippen LogP contribution is -2.18. The largest absolute Gasteiger partial charge is 0.384 e. The zero-order chi connectivity index (χ0) is 18.3. The lowest BCUT2D eigenvalue weighted by Gasteiger charge is -2.17. The second-order valence-electron chi connectivity index (χ2n) is 6.61. The summed E-state index contributed by atoms with van der Waals surface area (Å²) in [6, 6.07) is 9.28. The van der Waals surface area contributed by atoms with E-state index in [0.29, 0.717) is 28.7 Å². The van der Waals surface area contributed by atoms with Gasteiger partial charge in [-0.3, -0.25) is 4.98 Å². The minimum absolute atomic E-state index is 0.393. The number of halogens is 1. The highest BCUT2D eigenvalue weighted by Gasteiger charge is 2.18. The van der Waals surface area contributed by atoms with Gasteiger partial charge in [-0.25, -0.2) is 9.67 Å². The average molecular weight is 369 g/mol. The number of H-pyrrole nitrogens is 1. The highest BCUT2D eigenvalue weighted by molar-refractivity contribution is 6.30. The number of rotatable bonds is 4. The third-order valence-electron chi connectivity index (χ3n) is 4.07. The third kappa shape index (κ3) is 3.18. The SMILES string of the molecule is CC(C)(O)c1cccc(Cn2cc(-c3cc(Cl)nc4[nH]ccc34)nn2)n1. The van der Waals surface area contributed by atoms with Crippen LogP contribution in [0.5, 0.6) is 0 Å². The van der Waals surface area contributed by atoms with E-state index in [4.69, 9.17) is 11.6 Å². The van der Waals surface area contributed by atoms with Gasteiger partial charge in [0.15, 0.2) is 0 Å². The van der Waals surface area contributed by atoms with E-state index in [9.17, 15) is 5.11 Å². The van der Waals surface area contributed by atoms with Gasteiger partial charge in [0.1, 0.15) is 22.1 Å². The summed E-state index contributed by atoms with van der Waals surface area (Å²) in [6.45, 7) is 3.87. The Labute approximate surface area is 154 Å². The lowest BCUT2D eigenvalue weighted by atomic mass is 10.0. The van der Waals surface area contributed by atoms with Gasteiger partial charge in [-0.15, -0.1) is 5.10 Å². The predicted octanol–water partition coefficient (Wildman–Crippen LogP) is 3.15. The van der Waals surface area contributed by atoms with Crippen LogP contribution in [0.3, 0.4) is 0 Å². The average Bonchev–Trinajstić information content (AvgIpc) is 3.22. The quantitative estimate of drug-likeness (QED) is 0.540. The normalized spacial score (nSPS) is 12.0. The summed E-state index contributed by atoms with van der Waals surface area (Å²) in [5.74, 6) is 0. The van der Waals surface area contributed by atoms with Crippen molar-refractivity contribution in [3.8, 4) is 11.3 Å². The number of nitrogens with zero attached hydrogens (tertiary/aromatic N) is 5. The van der Waals surface area contributed by atoms with Crippen molar-refractivity contribution in [3.05, 3.63) is 59.3 Å². The molecule has 0 saturated heterocycles. The molecule has 0 atom stereocenters. The van der Waals surface area contributed by atoms with Crippen LogP contribution in [0.25, 0.3) is 22.3 Å². The molecule has 0 saturated carbocycles. The molecule has 0 fully saturated rings. The van der Waals surface area contributed by atoms with Crippen molar-refractivity contribution in [2.45, 2.75) is 26.0 Å². The third-order valence-corrected chi connectivity index (χ3v) is 4.26. The van der Waals surface area contributed by atoms with Crippen LogP contribution < -0.4 is 0 Å². The number of fused-ring (bicyclic) bond motifs is 1. The van der Waals surface area contributed by atoms with Crippen LogP contribution in [0.1, 0.15) is 25.2 Å². The zero-order valence-corrected chi connectivity index (χ0v) is 15.1. The summed E-state index contributed by atoms with van der Waals surface area (Å²) < 4.78 is 1.71. The van der Waals surface area contributed by atoms with Crippen LogP contribution in [-0.2, 0) is 12.1 Å². The molecule has 8 heteroatoms. The molecule has 4 rings (SSSR count). The van der Waals surface area contributed by atoms with Crippen molar-refractivity contribution in [1.29, 1.82) is 0 Å². The van der Waals surface area contributed by atoms with Crippen molar-refractivity contribution in [2.24, 2.45) is 0 Å². The number of nitrogens with one attached hydrogen (secondary N) is 1. The summed E-state index contributed by atoms with van der Waals surface area (Å²) in [6.07, 6.45) is 3.66. The van der Waals surface area contributed by atoms with Crippen LogP contribution in [0, 0.1) is 0 Å². The van der Waals surface area contributed by atoms with E-state index < -0.39 is 5.60 Å². The van der Waals surface area contributed by atoms with Gasteiger partial charge >= 0.3 is 0 Å². The van der Waals surface area contributed by atoms with E-state index in [1.54, 1.807) is 30.7 Å². The molecule has 132 valence electrons. The fraction of sp³-hybridized carbons (Fsp3) is 0.222. The second-order valence-corrected chi connectivity index (χ2v) is 6.99. The van der Waals surface area contributed by atoms with E-state index in [-0.39, 0.29) is 0 Å². The monoisotopic (exact) mass is 368 g/mol. The summed E-state index contributed by atoms with van der Waals surface area (Å²) in [4.78, 5) is 11.8. The Kier molecular flexibility index (Phi) is 3.97. The Bertz CT molecular complexity index is 1080. The summed E-state index contributed by atoms with van der Waals surface area (Å²) >= 11 is 6.11. The molecule has 4 aromatic heterocycles. The molecule has 0 amide bonds. The number of aromatic amines is 1. The molecule has 7 nitrogen and oxygen atoms in total. The molecule has 0 aliphatic carbocycles. The molecule has 0 aliphatic heterocycles. The molecule has 0 spiro atoms. The van der Waals surface area contributed by atoms with E-state index in [1.807, 2.05) is 30.6 Å². The van der Waals surface area contributed by atoms with Crippen LogP contribution in [0.15, 0.2) is 42.7 Å². The number of hydrogen-bond donors (Lipinski definition) is 2. The summed E-state index contributed by atoms with van der Waals surface area (Å²) in [5, 5.41) is 19.9. The van der Waals surface area contributed by atoms with Crippen molar-refractivity contribution >= 4 is 22.6 Å². The van der Waals surface area contributed by atoms with Gasteiger partial charge in [0.25, 0.3) is 0 Å². The number of hydrogen-bond acceptors (Lipinski definition) is 5. The van der Waals surface area contributed by atoms with E-state index in [2.05, 4.69) is 25.3 Å². The Morgan fingerprint density at radius 1 is 1.23 bits per heavy atom. The van der Waals surface area contributed by atoms with E-state index >= 15 is 0 Å². The summed E-state index contributed by atoms with van der Waals surface area (Å²) in [7, 11) is 0. The number of aromatic nitrogens is 6. The smallest absolute Gasteiger partial charge is 0.139 e. The molecule has 0 bridgehead atoms. The predicted molar refractivity (Wildman–Crippen MR) is 98.7 cm³/mol.